The lowest BCUT2D eigenvalue weighted by atomic mass is 10.1. The summed E-state index contributed by atoms with van der Waals surface area (Å²) in [6, 6.07) is 18.2. The SMILES string of the molecule is CC(C)c1csc(C=Cc2cccc(C(=O)Nc3cc(CCCS(=O)(=O)c4ccc(Cl)cc4)ccc3O)c2)n1. The lowest BCUT2D eigenvalue weighted by molar-refractivity contribution is 0.102. The van der Waals surface area contributed by atoms with E-state index in [2.05, 4.69) is 24.1 Å². The van der Waals surface area contributed by atoms with Crippen LogP contribution in [0.15, 0.2) is 77.0 Å². The molecule has 1 amide bonds. The van der Waals surface area contributed by atoms with Gasteiger partial charge in [-0.1, -0.05) is 49.7 Å². The maximum atomic E-state index is 13.0. The van der Waals surface area contributed by atoms with Gasteiger partial charge in [0.1, 0.15) is 10.8 Å². The van der Waals surface area contributed by atoms with E-state index in [4.69, 9.17) is 11.6 Å². The summed E-state index contributed by atoms with van der Waals surface area (Å²) >= 11 is 7.43. The highest BCUT2D eigenvalue weighted by Crippen LogP contribution is 2.26. The zero-order chi connectivity index (χ0) is 28.0. The van der Waals surface area contributed by atoms with Crippen LogP contribution in [0.3, 0.4) is 0 Å². The van der Waals surface area contributed by atoms with Gasteiger partial charge in [-0.05, 0) is 84.5 Å². The minimum atomic E-state index is -3.44. The van der Waals surface area contributed by atoms with E-state index in [1.54, 1.807) is 53.8 Å². The molecule has 0 atom stereocenters. The second-order valence-electron chi connectivity index (χ2n) is 9.41. The number of halogens is 1. The Bertz CT molecular complexity index is 1590. The summed E-state index contributed by atoms with van der Waals surface area (Å²) in [5.74, 6) is -0.0918. The number of nitrogens with one attached hydrogen (secondary N) is 1. The van der Waals surface area contributed by atoms with Crippen LogP contribution in [0.4, 0.5) is 5.69 Å². The monoisotopic (exact) mass is 580 g/mol. The van der Waals surface area contributed by atoms with Gasteiger partial charge in [-0.15, -0.1) is 11.3 Å². The summed E-state index contributed by atoms with van der Waals surface area (Å²) < 4.78 is 25.2. The topological polar surface area (TPSA) is 96.4 Å². The number of carbonyl (C=O) groups excluding carboxylic acids is 1. The molecule has 0 aliphatic heterocycles. The van der Waals surface area contributed by atoms with Crippen molar-refractivity contribution in [2.45, 2.75) is 37.5 Å². The van der Waals surface area contributed by atoms with E-state index in [0.29, 0.717) is 29.3 Å². The van der Waals surface area contributed by atoms with Gasteiger partial charge in [0.15, 0.2) is 9.84 Å². The number of anilines is 1. The molecule has 0 aliphatic rings. The Hall–Kier alpha value is -3.46. The Balaban J connectivity index is 1.39. The van der Waals surface area contributed by atoms with E-state index in [9.17, 15) is 18.3 Å². The van der Waals surface area contributed by atoms with Gasteiger partial charge in [-0.3, -0.25) is 4.79 Å². The number of aryl methyl sites for hydroxylation is 1. The maximum Gasteiger partial charge on any atom is 0.255 e. The summed E-state index contributed by atoms with van der Waals surface area (Å²) in [6.45, 7) is 4.21. The molecule has 1 aromatic heterocycles. The fourth-order valence-corrected chi connectivity index (χ4v) is 6.16. The quantitative estimate of drug-likeness (QED) is 0.190. The number of sulfone groups is 1. The standard InChI is InChI=1S/C30H29ClN2O4S2/c1-20(2)27-19-38-29(32-27)15-9-21-5-3-7-23(17-21)30(35)33-26-18-22(8-14-28(26)34)6-4-16-39(36,37)25-12-10-24(31)11-13-25/h3,5,7-15,17-20,34H,4,6,16H2,1-2H3,(H,33,35). The fourth-order valence-electron chi connectivity index (χ4n) is 3.85. The molecular formula is C30H29ClN2O4S2. The highest BCUT2D eigenvalue weighted by Gasteiger charge is 2.15. The van der Waals surface area contributed by atoms with Crippen molar-refractivity contribution in [2.75, 3.05) is 11.1 Å². The van der Waals surface area contributed by atoms with Crippen molar-refractivity contribution in [1.82, 2.24) is 4.98 Å². The second kappa shape index (κ2) is 12.6. The summed E-state index contributed by atoms with van der Waals surface area (Å²) in [6.07, 6.45) is 4.69. The van der Waals surface area contributed by atoms with Crippen LogP contribution >= 0.6 is 22.9 Å². The Morgan fingerprint density at radius 2 is 1.85 bits per heavy atom. The number of thiazole rings is 1. The van der Waals surface area contributed by atoms with Crippen molar-refractivity contribution in [3.63, 3.8) is 0 Å². The lowest BCUT2D eigenvalue weighted by Gasteiger charge is -2.11. The van der Waals surface area contributed by atoms with Crippen molar-refractivity contribution in [3.8, 4) is 5.75 Å². The first-order valence-corrected chi connectivity index (χ1v) is 15.4. The van der Waals surface area contributed by atoms with Crippen LogP contribution in [-0.2, 0) is 16.3 Å². The first-order valence-electron chi connectivity index (χ1n) is 12.5. The Morgan fingerprint density at radius 3 is 2.56 bits per heavy atom. The summed E-state index contributed by atoms with van der Waals surface area (Å²) in [4.78, 5) is 17.8. The molecular weight excluding hydrogens is 552 g/mol. The van der Waals surface area contributed by atoms with E-state index in [1.807, 2.05) is 23.6 Å². The predicted octanol–water partition coefficient (Wildman–Crippen LogP) is 7.45. The summed E-state index contributed by atoms with van der Waals surface area (Å²) in [5, 5.41) is 16.5. The van der Waals surface area contributed by atoms with Gasteiger partial charge in [0.25, 0.3) is 5.91 Å². The fraction of sp³-hybridized carbons (Fsp3) is 0.200. The minimum Gasteiger partial charge on any atom is -0.506 e. The normalized spacial score (nSPS) is 11.8. The number of phenols is 1. The third-order valence-corrected chi connectivity index (χ3v) is 8.96. The molecule has 4 rings (SSSR count). The number of amides is 1. The van der Waals surface area contributed by atoms with Crippen molar-refractivity contribution in [3.05, 3.63) is 105 Å². The molecule has 4 aromatic rings. The first kappa shape index (κ1) is 28.5. The molecule has 9 heteroatoms. The van der Waals surface area contributed by atoms with Crippen LogP contribution in [0, 0.1) is 0 Å². The van der Waals surface area contributed by atoms with E-state index in [0.717, 1.165) is 21.8 Å². The number of carbonyl (C=O) groups is 1. The molecule has 1 heterocycles. The van der Waals surface area contributed by atoms with Crippen LogP contribution in [0.5, 0.6) is 5.75 Å². The third-order valence-electron chi connectivity index (χ3n) is 6.06. The minimum absolute atomic E-state index is 0.0305. The molecule has 0 aliphatic carbocycles. The molecule has 0 spiro atoms. The zero-order valence-electron chi connectivity index (χ0n) is 21.6. The van der Waals surface area contributed by atoms with E-state index >= 15 is 0 Å². The Kier molecular flexibility index (Phi) is 9.22. The zero-order valence-corrected chi connectivity index (χ0v) is 24.0. The molecule has 0 unspecified atom stereocenters. The average Bonchev–Trinajstić information content (AvgIpc) is 3.39. The molecule has 0 fully saturated rings. The van der Waals surface area contributed by atoms with Gasteiger partial charge in [0.2, 0.25) is 0 Å². The van der Waals surface area contributed by atoms with Crippen molar-refractivity contribution in [1.29, 1.82) is 0 Å². The highest BCUT2D eigenvalue weighted by atomic mass is 35.5. The number of phenolic OH excluding ortho intramolecular Hbond substituents is 1. The van der Waals surface area contributed by atoms with Crippen LogP contribution in [-0.4, -0.2) is 30.2 Å². The lowest BCUT2D eigenvalue weighted by Crippen LogP contribution is -2.12. The molecule has 202 valence electrons. The number of benzene rings is 3. The molecule has 0 saturated carbocycles. The highest BCUT2D eigenvalue weighted by molar-refractivity contribution is 7.91. The van der Waals surface area contributed by atoms with E-state index in [-0.39, 0.29) is 28.0 Å². The van der Waals surface area contributed by atoms with Gasteiger partial charge < -0.3 is 10.4 Å². The van der Waals surface area contributed by atoms with Crippen LogP contribution in [0.25, 0.3) is 12.2 Å². The van der Waals surface area contributed by atoms with Crippen molar-refractivity contribution < 1.29 is 18.3 Å². The smallest absolute Gasteiger partial charge is 0.255 e. The van der Waals surface area contributed by atoms with E-state index in [1.165, 1.54) is 18.2 Å². The van der Waals surface area contributed by atoms with Gasteiger partial charge in [0.05, 0.1) is 22.0 Å². The predicted molar refractivity (Wildman–Crippen MR) is 159 cm³/mol. The van der Waals surface area contributed by atoms with E-state index < -0.39 is 9.84 Å². The number of hydrogen-bond acceptors (Lipinski definition) is 6. The van der Waals surface area contributed by atoms with Gasteiger partial charge in [0, 0.05) is 16.0 Å². The molecule has 39 heavy (non-hydrogen) atoms. The number of rotatable bonds is 10. The summed E-state index contributed by atoms with van der Waals surface area (Å²) in [5.41, 5.74) is 3.41. The number of aromatic nitrogens is 1. The molecule has 0 saturated heterocycles. The third kappa shape index (κ3) is 7.79. The number of aromatic hydroxyl groups is 1. The number of hydrogen-bond donors (Lipinski definition) is 2. The largest absolute Gasteiger partial charge is 0.506 e. The van der Waals surface area contributed by atoms with Crippen molar-refractivity contribution >= 4 is 56.5 Å². The van der Waals surface area contributed by atoms with Crippen molar-refractivity contribution in [2.24, 2.45) is 0 Å². The second-order valence-corrected chi connectivity index (χ2v) is 12.8. The Labute approximate surface area is 237 Å². The van der Waals surface area contributed by atoms with Gasteiger partial charge in [-0.2, -0.15) is 0 Å². The molecule has 0 radical (unpaired) electrons. The maximum absolute atomic E-state index is 13.0. The first-order chi connectivity index (χ1) is 18.6. The Morgan fingerprint density at radius 1 is 1.08 bits per heavy atom. The van der Waals surface area contributed by atoms with Crippen LogP contribution in [0.1, 0.15) is 58.4 Å². The molecule has 6 nitrogen and oxygen atoms in total. The molecule has 0 bridgehead atoms. The number of nitrogens with zero attached hydrogens (tertiary/aromatic N) is 1. The summed E-state index contributed by atoms with van der Waals surface area (Å²) in [7, 11) is -3.44. The van der Waals surface area contributed by atoms with Gasteiger partial charge in [-0.25, -0.2) is 13.4 Å². The molecule has 2 N–H and O–H groups in total. The molecule has 3 aromatic carbocycles. The van der Waals surface area contributed by atoms with Crippen LogP contribution in [0.2, 0.25) is 5.02 Å². The van der Waals surface area contributed by atoms with Crippen LogP contribution < -0.4 is 5.32 Å². The van der Waals surface area contributed by atoms with Gasteiger partial charge >= 0.3 is 0 Å². The average molecular weight is 581 g/mol.